The average Bonchev–Trinajstić information content (AvgIpc) is 2.53. The van der Waals surface area contributed by atoms with Gasteiger partial charge in [0.25, 0.3) is 0 Å². The number of benzene rings is 2. The van der Waals surface area contributed by atoms with Crippen molar-refractivity contribution in [1.82, 2.24) is 0 Å². The molecule has 116 valence electrons. The molecule has 0 unspecified atom stereocenters. The van der Waals surface area contributed by atoms with Crippen molar-refractivity contribution in [2.45, 2.75) is 13.3 Å². The highest BCUT2D eigenvalue weighted by Gasteiger charge is 2.15. The topological polar surface area (TPSA) is 41.6 Å². The van der Waals surface area contributed by atoms with Gasteiger partial charge in [0.15, 0.2) is 0 Å². The van der Waals surface area contributed by atoms with E-state index in [1.54, 1.807) is 12.0 Å². The quantitative estimate of drug-likeness (QED) is 0.821. The van der Waals surface area contributed by atoms with Gasteiger partial charge in [-0.25, -0.2) is 4.79 Å². The molecule has 0 aromatic heterocycles. The summed E-state index contributed by atoms with van der Waals surface area (Å²) in [7, 11) is 1.61. The summed E-state index contributed by atoms with van der Waals surface area (Å²) in [6.45, 7) is 2.70. The van der Waals surface area contributed by atoms with E-state index in [1.807, 2.05) is 55.5 Å². The summed E-state index contributed by atoms with van der Waals surface area (Å²) in [5.74, 6) is 0.760. The number of hydrogen-bond acceptors (Lipinski definition) is 2. The van der Waals surface area contributed by atoms with Crippen molar-refractivity contribution in [3.8, 4) is 5.75 Å². The Morgan fingerprint density at radius 2 is 1.95 bits per heavy atom. The van der Waals surface area contributed by atoms with E-state index >= 15 is 0 Å². The summed E-state index contributed by atoms with van der Waals surface area (Å²) in [6, 6.07) is 14.8. The summed E-state index contributed by atoms with van der Waals surface area (Å²) in [6.07, 6.45) is 0.878. The molecule has 2 aromatic rings. The minimum Gasteiger partial charge on any atom is -0.497 e. The molecule has 0 saturated carbocycles. The Kier molecular flexibility index (Phi) is 5.83. The highest BCUT2D eigenvalue weighted by atomic mass is 79.9. The molecule has 22 heavy (non-hydrogen) atoms. The third kappa shape index (κ3) is 4.24. The van der Waals surface area contributed by atoms with Gasteiger partial charge in [-0.05, 0) is 48.9 Å². The minimum atomic E-state index is -0.148. The zero-order valence-electron chi connectivity index (χ0n) is 12.7. The lowest BCUT2D eigenvalue weighted by Crippen LogP contribution is -2.35. The fraction of sp³-hybridized carbons (Fsp3) is 0.235. The van der Waals surface area contributed by atoms with Crippen molar-refractivity contribution >= 4 is 33.3 Å². The molecular weight excluding hydrogens is 344 g/mol. The number of amides is 2. The van der Waals surface area contributed by atoms with Crippen LogP contribution in [0.5, 0.6) is 5.75 Å². The number of hydrogen-bond donors (Lipinski definition) is 1. The highest BCUT2D eigenvalue weighted by molar-refractivity contribution is 9.10. The number of halogens is 1. The first-order valence-corrected chi connectivity index (χ1v) is 7.91. The molecule has 0 heterocycles. The van der Waals surface area contributed by atoms with Gasteiger partial charge in [-0.1, -0.05) is 28.9 Å². The van der Waals surface area contributed by atoms with Crippen LogP contribution in [0.3, 0.4) is 0 Å². The SMILES string of the molecule is CCCN(C(=O)Nc1ccc(OC)cc1)c1cccc(Br)c1. The zero-order chi connectivity index (χ0) is 15.9. The van der Waals surface area contributed by atoms with Gasteiger partial charge in [0.05, 0.1) is 7.11 Å². The van der Waals surface area contributed by atoms with Gasteiger partial charge in [0, 0.05) is 22.4 Å². The van der Waals surface area contributed by atoms with Gasteiger partial charge in [-0.3, -0.25) is 4.90 Å². The maximum Gasteiger partial charge on any atom is 0.326 e. The van der Waals surface area contributed by atoms with E-state index < -0.39 is 0 Å². The largest absolute Gasteiger partial charge is 0.497 e. The number of anilines is 2. The number of rotatable bonds is 5. The third-order valence-corrected chi connectivity index (χ3v) is 3.65. The minimum absolute atomic E-state index is 0.148. The standard InChI is InChI=1S/C17H19BrN2O2/c1-3-11-20(15-6-4-5-13(18)12-15)17(21)19-14-7-9-16(22-2)10-8-14/h4-10,12H,3,11H2,1-2H3,(H,19,21). The lowest BCUT2D eigenvalue weighted by molar-refractivity contribution is 0.257. The molecule has 0 fully saturated rings. The summed E-state index contributed by atoms with van der Waals surface area (Å²) >= 11 is 3.44. The number of carbonyl (C=O) groups excluding carboxylic acids is 1. The molecule has 0 atom stereocenters. The molecule has 2 rings (SSSR count). The van der Waals surface area contributed by atoms with E-state index in [-0.39, 0.29) is 6.03 Å². The van der Waals surface area contributed by atoms with E-state index in [0.29, 0.717) is 6.54 Å². The lowest BCUT2D eigenvalue weighted by Gasteiger charge is -2.23. The Morgan fingerprint density at radius 1 is 1.23 bits per heavy atom. The van der Waals surface area contributed by atoms with E-state index in [4.69, 9.17) is 4.74 Å². The molecule has 2 amide bonds. The maximum atomic E-state index is 12.5. The molecule has 0 radical (unpaired) electrons. The Labute approximate surface area is 139 Å². The lowest BCUT2D eigenvalue weighted by atomic mass is 10.2. The van der Waals surface area contributed by atoms with Gasteiger partial charge in [0.2, 0.25) is 0 Å². The van der Waals surface area contributed by atoms with Crippen LogP contribution in [0.15, 0.2) is 53.0 Å². The smallest absolute Gasteiger partial charge is 0.326 e. The van der Waals surface area contributed by atoms with Crippen LogP contribution in [-0.4, -0.2) is 19.7 Å². The Bertz CT molecular complexity index is 629. The predicted molar refractivity (Wildman–Crippen MR) is 93.8 cm³/mol. The van der Waals surface area contributed by atoms with Gasteiger partial charge < -0.3 is 10.1 Å². The number of nitrogens with one attached hydrogen (secondary N) is 1. The van der Waals surface area contributed by atoms with Gasteiger partial charge in [0.1, 0.15) is 5.75 Å². The second kappa shape index (κ2) is 7.84. The summed E-state index contributed by atoms with van der Waals surface area (Å²) in [4.78, 5) is 14.3. The van der Waals surface area contributed by atoms with Gasteiger partial charge in [-0.2, -0.15) is 0 Å². The number of methoxy groups -OCH3 is 1. The Balaban J connectivity index is 2.15. The van der Waals surface area contributed by atoms with Crippen LogP contribution in [-0.2, 0) is 0 Å². The highest BCUT2D eigenvalue weighted by Crippen LogP contribution is 2.22. The monoisotopic (exact) mass is 362 g/mol. The maximum absolute atomic E-state index is 12.5. The van der Waals surface area contributed by atoms with Crippen LogP contribution in [0.4, 0.5) is 16.2 Å². The van der Waals surface area contributed by atoms with E-state index in [2.05, 4.69) is 21.2 Å². The molecule has 0 saturated heterocycles. The van der Waals surface area contributed by atoms with E-state index in [0.717, 1.165) is 28.0 Å². The molecule has 0 aliphatic rings. The first-order valence-electron chi connectivity index (χ1n) is 7.12. The third-order valence-electron chi connectivity index (χ3n) is 3.15. The van der Waals surface area contributed by atoms with Crippen molar-refractivity contribution < 1.29 is 9.53 Å². The van der Waals surface area contributed by atoms with Gasteiger partial charge in [-0.15, -0.1) is 0 Å². The van der Waals surface area contributed by atoms with Crippen molar-refractivity contribution in [3.63, 3.8) is 0 Å². The summed E-state index contributed by atoms with van der Waals surface area (Å²) in [5, 5.41) is 2.91. The van der Waals surface area contributed by atoms with E-state index in [1.165, 1.54) is 0 Å². The second-order valence-corrected chi connectivity index (χ2v) is 5.71. The fourth-order valence-corrected chi connectivity index (χ4v) is 2.47. The fourth-order valence-electron chi connectivity index (χ4n) is 2.08. The van der Waals surface area contributed by atoms with Crippen molar-refractivity contribution in [1.29, 1.82) is 0 Å². The Morgan fingerprint density at radius 3 is 2.55 bits per heavy atom. The second-order valence-electron chi connectivity index (χ2n) is 4.79. The van der Waals surface area contributed by atoms with Crippen molar-refractivity contribution in [2.75, 3.05) is 23.9 Å². The Hall–Kier alpha value is -2.01. The molecule has 5 heteroatoms. The van der Waals surface area contributed by atoms with Crippen molar-refractivity contribution in [2.24, 2.45) is 0 Å². The number of urea groups is 1. The first-order chi connectivity index (χ1) is 10.6. The molecule has 0 bridgehead atoms. The van der Waals surface area contributed by atoms with Crippen LogP contribution in [0.2, 0.25) is 0 Å². The molecule has 4 nitrogen and oxygen atoms in total. The van der Waals surface area contributed by atoms with Crippen LogP contribution in [0.25, 0.3) is 0 Å². The zero-order valence-corrected chi connectivity index (χ0v) is 14.3. The first kappa shape index (κ1) is 16.4. The van der Waals surface area contributed by atoms with Crippen LogP contribution >= 0.6 is 15.9 Å². The molecule has 0 aliphatic carbocycles. The summed E-state index contributed by atoms with van der Waals surface area (Å²) in [5.41, 5.74) is 1.60. The number of nitrogens with zero attached hydrogens (tertiary/aromatic N) is 1. The van der Waals surface area contributed by atoms with Crippen LogP contribution in [0, 0.1) is 0 Å². The van der Waals surface area contributed by atoms with Crippen LogP contribution < -0.4 is 15.0 Å². The molecule has 0 spiro atoms. The van der Waals surface area contributed by atoms with Crippen molar-refractivity contribution in [3.05, 3.63) is 53.0 Å². The molecular formula is C17H19BrN2O2. The van der Waals surface area contributed by atoms with E-state index in [9.17, 15) is 4.79 Å². The molecule has 1 N–H and O–H groups in total. The number of carbonyl (C=O) groups is 1. The van der Waals surface area contributed by atoms with Crippen LogP contribution in [0.1, 0.15) is 13.3 Å². The predicted octanol–water partition coefficient (Wildman–Crippen LogP) is 4.91. The molecule has 0 aliphatic heterocycles. The normalized spacial score (nSPS) is 10.1. The summed E-state index contributed by atoms with van der Waals surface area (Å²) < 4.78 is 6.06. The average molecular weight is 363 g/mol. The molecule has 2 aromatic carbocycles. The van der Waals surface area contributed by atoms with Gasteiger partial charge >= 0.3 is 6.03 Å². The number of ether oxygens (including phenoxy) is 1.